The quantitative estimate of drug-likeness (QED) is 0.652. The summed E-state index contributed by atoms with van der Waals surface area (Å²) >= 11 is 0. The number of halogens is 2. The number of alkyl halides is 2. The molecule has 0 saturated heterocycles. The molecule has 0 aliphatic heterocycles. The molecule has 0 aromatic heterocycles. The van der Waals surface area contributed by atoms with Crippen LogP contribution in [0.25, 0.3) is 0 Å². The minimum Gasteiger partial charge on any atom is -0.306 e. The zero-order valence-corrected chi connectivity index (χ0v) is 6.45. The Morgan fingerprint density at radius 2 is 1.91 bits per heavy atom. The highest BCUT2D eigenvalue weighted by molar-refractivity contribution is 4.94. The third kappa shape index (κ3) is 1.53. The van der Waals surface area contributed by atoms with Crippen molar-refractivity contribution in [2.75, 3.05) is 0 Å². The molecule has 0 bridgehead atoms. The fourth-order valence-electron chi connectivity index (χ4n) is 1.67. The number of nitrogens with one attached hydrogen (secondary N) is 1. The molecule has 2 saturated carbocycles. The minimum absolute atomic E-state index is 0.0807. The zero-order valence-electron chi connectivity index (χ0n) is 6.45. The van der Waals surface area contributed by atoms with Crippen LogP contribution < -0.4 is 5.32 Å². The van der Waals surface area contributed by atoms with Crippen molar-refractivity contribution in [3.63, 3.8) is 0 Å². The lowest BCUT2D eigenvalue weighted by Gasteiger charge is -2.19. The van der Waals surface area contributed by atoms with E-state index >= 15 is 0 Å². The first-order chi connectivity index (χ1) is 5.18. The molecule has 2 aliphatic carbocycles. The lowest BCUT2D eigenvalue weighted by molar-refractivity contribution is -0.0183. The van der Waals surface area contributed by atoms with E-state index < -0.39 is 12.0 Å². The second-order valence-electron chi connectivity index (χ2n) is 3.65. The molecule has 1 unspecified atom stereocenters. The van der Waals surface area contributed by atoms with Crippen LogP contribution in [0.3, 0.4) is 0 Å². The predicted octanol–water partition coefficient (Wildman–Crippen LogP) is 1.93. The topological polar surface area (TPSA) is 12.0 Å². The Hall–Kier alpha value is -0.180. The van der Waals surface area contributed by atoms with Gasteiger partial charge >= 0.3 is 0 Å². The monoisotopic (exact) mass is 161 g/mol. The third-order valence-electron chi connectivity index (χ3n) is 2.53. The molecular formula is C8H13F2N. The highest BCUT2D eigenvalue weighted by atomic mass is 19.3. The first-order valence-corrected chi connectivity index (χ1v) is 4.32. The van der Waals surface area contributed by atoms with E-state index in [1.807, 2.05) is 0 Å². The smallest absolute Gasteiger partial charge is 0.263 e. The molecule has 0 amide bonds. The fourth-order valence-corrected chi connectivity index (χ4v) is 1.67. The SMILES string of the molecule is FC1(F)CCCC1NC1CC1. The van der Waals surface area contributed by atoms with Gasteiger partial charge in [0.25, 0.3) is 5.92 Å². The van der Waals surface area contributed by atoms with Crippen molar-refractivity contribution in [1.82, 2.24) is 5.32 Å². The summed E-state index contributed by atoms with van der Waals surface area (Å²) in [7, 11) is 0. The van der Waals surface area contributed by atoms with Crippen LogP contribution in [0.1, 0.15) is 32.1 Å². The summed E-state index contributed by atoms with van der Waals surface area (Å²) in [5, 5.41) is 2.99. The van der Waals surface area contributed by atoms with E-state index in [4.69, 9.17) is 0 Å². The van der Waals surface area contributed by atoms with Gasteiger partial charge < -0.3 is 5.32 Å². The first-order valence-electron chi connectivity index (χ1n) is 4.32. The second kappa shape index (κ2) is 2.41. The fraction of sp³-hybridized carbons (Fsp3) is 1.00. The number of rotatable bonds is 2. The highest BCUT2D eigenvalue weighted by Crippen LogP contribution is 2.36. The van der Waals surface area contributed by atoms with Gasteiger partial charge in [-0.1, -0.05) is 0 Å². The molecule has 64 valence electrons. The normalized spacial score (nSPS) is 36.0. The van der Waals surface area contributed by atoms with Gasteiger partial charge in [-0.2, -0.15) is 0 Å². The third-order valence-corrected chi connectivity index (χ3v) is 2.53. The summed E-state index contributed by atoms with van der Waals surface area (Å²) in [6, 6.07) is -0.112. The van der Waals surface area contributed by atoms with Crippen molar-refractivity contribution < 1.29 is 8.78 Å². The average molecular weight is 161 g/mol. The van der Waals surface area contributed by atoms with E-state index in [1.54, 1.807) is 0 Å². The van der Waals surface area contributed by atoms with Crippen LogP contribution in [-0.4, -0.2) is 18.0 Å². The zero-order chi connectivity index (χ0) is 7.90. The molecule has 3 heteroatoms. The van der Waals surface area contributed by atoms with Gasteiger partial charge in [0.2, 0.25) is 0 Å². The van der Waals surface area contributed by atoms with Crippen molar-refractivity contribution >= 4 is 0 Å². The molecule has 2 rings (SSSR count). The largest absolute Gasteiger partial charge is 0.306 e. The van der Waals surface area contributed by atoms with E-state index in [9.17, 15) is 8.78 Å². The molecular weight excluding hydrogens is 148 g/mol. The molecule has 0 radical (unpaired) electrons. The van der Waals surface area contributed by atoms with E-state index in [0.29, 0.717) is 18.9 Å². The summed E-state index contributed by atoms with van der Waals surface area (Å²) < 4.78 is 25.9. The lowest BCUT2D eigenvalue weighted by atomic mass is 10.2. The molecule has 1 nitrogen and oxygen atoms in total. The summed E-state index contributed by atoms with van der Waals surface area (Å²) in [4.78, 5) is 0. The van der Waals surface area contributed by atoms with Gasteiger partial charge in [-0.25, -0.2) is 8.78 Å². The average Bonchev–Trinajstić information content (AvgIpc) is 2.63. The predicted molar refractivity (Wildman–Crippen MR) is 38.7 cm³/mol. The van der Waals surface area contributed by atoms with Crippen LogP contribution in [0.5, 0.6) is 0 Å². The minimum atomic E-state index is -2.43. The first kappa shape index (κ1) is 7.47. The molecule has 0 heterocycles. The standard InChI is InChI=1S/C8H13F2N/c9-8(10)5-1-2-7(8)11-6-3-4-6/h6-7,11H,1-5H2. The maximum Gasteiger partial charge on any atom is 0.263 e. The van der Waals surface area contributed by atoms with Crippen LogP contribution >= 0.6 is 0 Å². The lowest BCUT2D eigenvalue weighted by Crippen LogP contribution is -2.41. The van der Waals surface area contributed by atoms with E-state index in [1.165, 1.54) is 0 Å². The van der Waals surface area contributed by atoms with Gasteiger partial charge in [0, 0.05) is 12.5 Å². The molecule has 0 spiro atoms. The second-order valence-corrected chi connectivity index (χ2v) is 3.65. The summed E-state index contributed by atoms with van der Waals surface area (Å²) in [5.74, 6) is -2.43. The Bertz CT molecular complexity index is 154. The van der Waals surface area contributed by atoms with Crippen molar-refractivity contribution in [1.29, 1.82) is 0 Å². The van der Waals surface area contributed by atoms with Crippen molar-refractivity contribution in [2.45, 2.75) is 50.1 Å². The van der Waals surface area contributed by atoms with Gasteiger partial charge in [-0.05, 0) is 25.7 Å². The number of hydrogen-bond acceptors (Lipinski definition) is 1. The Kier molecular flexibility index (Phi) is 1.63. The Morgan fingerprint density at radius 1 is 1.18 bits per heavy atom. The molecule has 0 aromatic rings. The molecule has 1 atom stereocenters. The van der Waals surface area contributed by atoms with Crippen LogP contribution in [0.15, 0.2) is 0 Å². The van der Waals surface area contributed by atoms with Crippen LogP contribution in [0.4, 0.5) is 8.78 Å². The molecule has 1 N–H and O–H groups in total. The van der Waals surface area contributed by atoms with Gasteiger partial charge in [0.1, 0.15) is 0 Å². The van der Waals surface area contributed by atoms with Gasteiger partial charge in [-0.3, -0.25) is 0 Å². The molecule has 2 aliphatic rings. The summed E-state index contributed by atoms with van der Waals surface area (Å²) in [6.45, 7) is 0. The van der Waals surface area contributed by atoms with E-state index in [-0.39, 0.29) is 6.42 Å². The Labute approximate surface area is 65.2 Å². The maximum atomic E-state index is 12.9. The van der Waals surface area contributed by atoms with Gasteiger partial charge in [0.15, 0.2) is 0 Å². The maximum absolute atomic E-state index is 12.9. The summed E-state index contributed by atoms with van der Waals surface area (Å²) in [6.07, 6.45) is 3.59. The van der Waals surface area contributed by atoms with Gasteiger partial charge in [-0.15, -0.1) is 0 Å². The van der Waals surface area contributed by atoms with Crippen molar-refractivity contribution in [3.05, 3.63) is 0 Å². The number of hydrogen-bond donors (Lipinski definition) is 1. The van der Waals surface area contributed by atoms with Crippen LogP contribution in [0, 0.1) is 0 Å². The Balaban J connectivity index is 1.90. The highest BCUT2D eigenvalue weighted by Gasteiger charge is 2.45. The van der Waals surface area contributed by atoms with E-state index in [2.05, 4.69) is 5.32 Å². The van der Waals surface area contributed by atoms with Gasteiger partial charge in [0.05, 0.1) is 6.04 Å². The Morgan fingerprint density at radius 3 is 2.36 bits per heavy atom. The molecule has 0 aromatic carbocycles. The van der Waals surface area contributed by atoms with Crippen molar-refractivity contribution in [2.24, 2.45) is 0 Å². The van der Waals surface area contributed by atoms with Crippen molar-refractivity contribution in [3.8, 4) is 0 Å². The molecule has 2 fully saturated rings. The van der Waals surface area contributed by atoms with Crippen LogP contribution in [-0.2, 0) is 0 Å². The molecule has 11 heavy (non-hydrogen) atoms. The van der Waals surface area contributed by atoms with Crippen LogP contribution in [0.2, 0.25) is 0 Å². The summed E-state index contributed by atoms with van der Waals surface area (Å²) in [5.41, 5.74) is 0. The van der Waals surface area contributed by atoms with E-state index in [0.717, 1.165) is 12.8 Å².